The molecule has 0 saturated carbocycles. The molecule has 0 aliphatic heterocycles. The molecule has 20 heavy (non-hydrogen) atoms. The number of ether oxygens (including phenoxy) is 1. The number of carbonyl (C=O) groups is 2. The number of hydrogen-bond donors (Lipinski definition) is 2. The minimum absolute atomic E-state index is 0.0299. The average Bonchev–Trinajstić information content (AvgIpc) is 2.34. The highest BCUT2D eigenvalue weighted by molar-refractivity contribution is 6.34. The quantitative estimate of drug-likeness (QED) is 0.818. The second-order valence-corrected chi connectivity index (χ2v) is 4.97. The van der Waals surface area contributed by atoms with Crippen LogP contribution in [0.5, 0.6) is 0 Å². The monoisotopic (exact) mass is 317 g/mol. The molecule has 0 aliphatic carbocycles. The largest absolute Gasteiger partial charge is 0.479 e. The van der Waals surface area contributed by atoms with Crippen molar-refractivity contribution in [1.82, 2.24) is 5.32 Å². The lowest BCUT2D eigenvalue weighted by molar-refractivity contribution is -0.144. The molecule has 2 N–H and O–H groups in total. The topological polar surface area (TPSA) is 75.6 Å². The zero-order chi connectivity index (χ0) is 15.3. The van der Waals surface area contributed by atoms with Gasteiger partial charge in [-0.1, -0.05) is 35.9 Å². The van der Waals surface area contributed by atoms with Crippen molar-refractivity contribution in [3.05, 3.63) is 46.5 Å². The van der Waals surface area contributed by atoms with Crippen LogP contribution in [0.25, 0.3) is 0 Å². The van der Waals surface area contributed by atoms with Crippen molar-refractivity contribution in [3.8, 4) is 0 Å². The van der Waals surface area contributed by atoms with Crippen molar-refractivity contribution in [2.75, 3.05) is 6.61 Å². The van der Waals surface area contributed by atoms with Gasteiger partial charge in [-0.05, 0) is 30.7 Å². The van der Waals surface area contributed by atoms with E-state index in [4.69, 9.17) is 27.9 Å². The Morgan fingerprint density at radius 3 is 2.40 bits per heavy atom. The Morgan fingerprint density at radius 1 is 1.40 bits per heavy atom. The summed E-state index contributed by atoms with van der Waals surface area (Å²) in [5.74, 6) is -1.27. The Bertz CT molecular complexity index is 527. The lowest BCUT2D eigenvalue weighted by atomic mass is 9.92. The van der Waals surface area contributed by atoms with E-state index in [-0.39, 0.29) is 22.2 Å². The third-order valence-electron chi connectivity index (χ3n) is 2.55. The number of nitrogens with one attached hydrogen (secondary N) is 1. The minimum Gasteiger partial charge on any atom is -0.479 e. The van der Waals surface area contributed by atoms with Gasteiger partial charge in [-0.2, -0.15) is 0 Å². The molecule has 0 saturated heterocycles. The van der Waals surface area contributed by atoms with Gasteiger partial charge in [-0.15, -0.1) is 0 Å². The molecule has 1 aromatic carbocycles. The number of rotatable bonds is 5. The zero-order valence-corrected chi connectivity index (χ0v) is 12.2. The highest BCUT2D eigenvalue weighted by atomic mass is 35.5. The highest BCUT2D eigenvalue weighted by Gasteiger charge is 2.38. The molecule has 0 spiro atoms. The van der Waals surface area contributed by atoms with Gasteiger partial charge in [0.05, 0.1) is 0 Å². The lowest BCUT2D eigenvalue weighted by Gasteiger charge is -2.26. The Hall–Kier alpha value is -1.72. The Morgan fingerprint density at radius 2 is 1.95 bits per heavy atom. The number of carboxylic acids is 1. The van der Waals surface area contributed by atoms with Gasteiger partial charge < -0.3 is 15.2 Å². The number of carboxylic acid groups (broad SMARTS) is 1. The van der Waals surface area contributed by atoms with Gasteiger partial charge in [0.1, 0.15) is 6.61 Å². The van der Waals surface area contributed by atoms with Gasteiger partial charge in [0, 0.05) is 10.0 Å². The van der Waals surface area contributed by atoms with E-state index >= 15 is 0 Å². The van der Waals surface area contributed by atoms with E-state index in [1.54, 1.807) is 0 Å². The number of halogens is 2. The van der Waals surface area contributed by atoms with Crippen LogP contribution in [0.1, 0.15) is 12.5 Å². The first kappa shape index (κ1) is 16.3. The molecule has 0 radical (unpaired) electrons. The number of alkyl carbamates (subject to hydrolysis) is 1. The summed E-state index contributed by atoms with van der Waals surface area (Å²) >= 11 is 11.7. The SMILES string of the molecule is C=CCOC(=O)NC(C)(C(=O)O)c1cc(Cl)cc(Cl)c1. The number of aliphatic carboxylic acids is 1. The summed E-state index contributed by atoms with van der Waals surface area (Å²) in [6, 6.07) is 4.29. The summed E-state index contributed by atoms with van der Waals surface area (Å²) in [4.78, 5) is 23.0. The van der Waals surface area contributed by atoms with Crippen molar-refractivity contribution < 1.29 is 19.4 Å². The molecule has 0 aromatic heterocycles. The summed E-state index contributed by atoms with van der Waals surface area (Å²) in [6.07, 6.45) is 0.486. The molecular formula is C13H13Cl2NO4. The van der Waals surface area contributed by atoms with Crippen molar-refractivity contribution in [3.63, 3.8) is 0 Å². The van der Waals surface area contributed by atoms with Crippen molar-refractivity contribution in [1.29, 1.82) is 0 Å². The minimum atomic E-state index is -1.72. The van der Waals surface area contributed by atoms with E-state index in [1.807, 2.05) is 0 Å². The second kappa shape index (κ2) is 6.63. The summed E-state index contributed by atoms with van der Waals surface area (Å²) in [6.45, 7) is 4.67. The molecule has 1 unspecified atom stereocenters. The molecule has 7 heteroatoms. The molecule has 0 fully saturated rings. The van der Waals surface area contributed by atoms with Crippen molar-refractivity contribution >= 4 is 35.3 Å². The first-order valence-corrected chi connectivity index (χ1v) is 6.31. The van der Waals surface area contributed by atoms with Crippen molar-refractivity contribution in [2.45, 2.75) is 12.5 Å². The molecule has 0 heterocycles. The fourth-order valence-corrected chi connectivity index (χ4v) is 1.99. The molecule has 1 atom stereocenters. The van der Waals surface area contributed by atoms with Crippen molar-refractivity contribution in [2.24, 2.45) is 0 Å². The van der Waals surface area contributed by atoms with Gasteiger partial charge in [-0.25, -0.2) is 9.59 Å². The molecule has 108 valence electrons. The predicted molar refractivity (Wildman–Crippen MR) is 76.1 cm³/mol. The Labute approximate surface area is 126 Å². The van der Waals surface area contributed by atoms with Crippen LogP contribution in [-0.2, 0) is 15.1 Å². The summed E-state index contributed by atoms with van der Waals surface area (Å²) in [5.41, 5.74) is -1.48. The Kier molecular flexibility index (Phi) is 5.42. The van der Waals surface area contributed by atoms with Crippen LogP contribution in [0.2, 0.25) is 10.0 Å². The number of amides is 1. The van der Waals surface area contributed by atoms with Crippen LogP contribution in [0.15, 0.2) is 30.9 Å². The second-order valence-electron chi connectivity index (χ2n) is 4.10. The fourth-order valence-electron chi connectivity index (χ4n) is 1.47. The summed E-state index contributed by atoms with van der Waals surface area (Å²) in [5, 5.41) is 12.2. The van der Waals surface area contributed by atoms with Gasteiger partial charge in [0.25, 0.3) is 0 Å². The molecule has 1 aromatic rings. The normalized spacial score (nSPS) is 13.2. The smallest absolute Gasteiger partial charge is 0.408 e. The van der Waals surface area contributed by atoms with Gasteiger partial charge in [0.15, 0.2) is 5.54 Å². The van der Waals surface area contributed by atoms with E-state index in [9.17, 15) is 14.7 Å². The van der Waals surface area contributed by atoms with Crippen LogP contribution in [-0.4, -0.2) is 23.8 Å². The van der Waals surface area contributed by atoms with E-state index in [1.165, 1.54) is 31.2 Å². The first-order chi connectivity index (χ1) is 9.29. The van der Waals surface area contributed by atoms with Gasteiger partial charge in [-0.3, -0.25) is 0 Å². The van der Waals surface area contributed by atoms with Crippen LogP contribution >= 0.6 is 23.2 Å². The number of carbonyl (C=O) groups excluding carboxylic acids is 1. The molecular weight excluding hydrogens is 305 g/mol. The first-order valence-electron chi connectivity index (χ1n) is 5.55. The Balaban J connectivity index is 3.11. The molecule has 5 nitrogen and oxygen atoms in total. The summed E-state index contributed by atoms with van der Waals surface area (Å²) in [7, 11) is 0. The molecule has 1 amide bonds. The number of hydrogen-bond acceptors (Lipinski definition) is 3. The fraction of sp³-hybridized carbons (Fsp3) is 0.231. The molecule has 0 bridgehead atoms. The van der Waals surface area contributed by atoms with Crippen LogP contribution in [0.4, 0.5) is 4.79 Å². The van der Waals surface area contributed by atoms with E-state index in [0.717, 1.165) is 0 Å². The van der Waals surface area contributed by atoms with Gasteiger partial charge >= 0.3 is 12.1 Å². The van der Waals surface area contributed by atoms with Crippen LogP contribution in [0.3, 0.4) is 0 Å². The van der Waals surface area contributed by atoms with E-state index < -0.39 is 17.6 Å². The zero-order valence-electron chi connectivity index (χ0n) is 10.7. The van der Waals surface area contributed by atoms with E-state index in [2.05, 4.69) is 11.9 Å². The van der Waals surface area contributed by atoms with E-state index in [0.29, 0.717) is 0 Å². The third-order valence-corrected chi connectivity index (χ3v) is 2.99. The maximum absolute atomic E-state index is 11.6. The number of benzene rings is 1. The van der Waals surface area contributed by atoms with Crippen LogP contribution < -0.4 is 5.32 Å². The average molecular weight is 318 g/mol. The maximum atomic E-state index is 11.6. The molecule has 0 aliphatic rings. The third kappa shape index (κ3) is 3.88. The maximum Gasteiger partial charge on any atom is 0.408 e. The standard InChI is InChI=1S/C13H13Cl2NO4/c1-3-4-20-12(19)16-13(2,11(17)18)8-5-9(14)7-10(15)6-8/h3,5-7H,1,4H2,2H3,(H,16,19)(H,17,18). The lowest BCUT2D eigenvalue weighted by Crippen LogP contribution is -2.49. The van der Waals surface area contributed by atoms with Crippen LogP contribution in [0, 0.1) is 0 Å². The molecule has 1 rings (SSSR count). The summed E-state index contributed by atoms with van der Waals surface area (Å²) < 4.78 is 4.72. The predicted octanol–water partition coefficient (Wildman–Crippen LogP) is 3.21. The highest BCUT2D eigenvalue weighted by Crippen LogP contribution is 2.28. The van der Waals surface area contributed by atoms with Gasteiger partial charge in [0.2, 0.25) is 0 Å².